The van der Waals surface area contributed by atoms with Crippen LogP contribution in [-0.2, 0) is 9.53 Å². The predicted molar refractivity (Wildman–Crippen MR) is 147 cm³/mol. The second kappa shape index (κ2) is 11.7. The van der Waals surface area contributed by atoms with Crippen LogP contribution in [0.5, 0.6) is 0 Å². The minimum absolute atomic E-state index is 0.0104. The summed E-state index contributed by atoms with van der Waals surface area (Å²) in [4.78, 5) is 13.8. The van der Waals surface area contributed by atoms with Gasteiger partial charge in [-0.1, -0.05) is 25.2 Å². The predicted octanol–water partition coefficient (Wildman–Crippen LogP) is 0.513. The van der Waals surface area contributed by atoms with Crippen molar-refractivity contribution in [3.05, 3.63) is 48.4 Å². The molecule has 6 N–H and O–H groups in total. The molecule has 0 aromatic heterocycles. The molecule has 0 radical (unpaired) electrons. The topological polar surface area (TPSA) is 105 Å². The Morgan fingerprint density at radius 2 is 2.13 bits per heavy atom. The number of alkyl halides is 1. The number of ether oxygens (including phenoxy) is 1. The van der Waals surface area contributed by atoms with Gasteiger partial charge in [-0.25, -0.2) is 9.82 Å². The van der Waals surface area contributed by atoms with Crippen LogP contribution in [0.15, 0.2) is 48.4 Å². The zero-order valence-electron chi connectivity index (χ0n) is 22.7. The summed E-state index contributed by atoms with van der Waals surface area (Å²) in [6.45, 7) is 8.56. The fourth-order valence-electron chi connectivity index (χ4n) is 6.95. The van der Waals surface area contributed by atoms with Crippen molar-refractivity contribution in [3.63, 3.8) is 0 Å². The van der Waals surface area contributed by atoms with Gasteiger partial charge in [-0.2, -0.15) is 0 Å². The van der Waals surface area contributed by atoms with Crippen LogP contribution in [0.25, 0.3) is 0 Å². The molecule has 9 atom stereocenters. The molecule has 0 aromatic carbocycles. The number of hydrogen-bond acceptors (Lipinski definition) is 9. The molecule has 0 spiro atoms. The van der Waals surface area contributed by atoms with E-state index in [-0.39, 0.29) is 48.4 Å². The fraction of sp³-hybridized carbons (Fsp3) is 0.679. The van der Waals surface area contributed by atoms with E-state index in [2.05, 4.69) is 51.6 Å². The van der Waals surface area contributed by atoms with Gasteiger partial charge in [0.05, 0.1) is 18.9 Å². The van der Waals surface area contributed by atoms with Crippen molar-refractivity contribution in [3.8, 4) is 0 Å². The van der Waals surface area contributed by atoms with Crippen LogP contribution in [-0.4, -0.2) is 91.0 Å². The quantitative estimate of drug-likeness (QED) is 0.212. The van der Waals surface area contributed by atoms with E-state index >= 15 is 4.39 Å². The molecule has 1 aliphatic carbocycles. The Kier molecular flexibility index (Phi) is 8.06. The van der Waals surface area contributed by atoms with Crippen molar-refractivity contribution in [1.82, 2.24) is 41.9 Å². The Morgan fingerprint density at radius 3 is 2.95 bits per heavy atom. The van der Waals surface area contributed by atoms with Crippen molar-refractivity contribution >= 4 is 5.91 Å². The van der Waals surface area contributed by atoms with Gasteiger partial charge >= 0.3 is 0 Å². The van der Waals surface area contributed by atoms with E-state index in [0.717, 1.165) is 38.0 Å². The molecule has 6 aliphatic rings. The molecule has 5 aliphatic heterocycles. The van der Waals surface area contributed by atoms with Gasteiger partial charge in [0.2, 0.25) is 5.91 Å². The summed E-state index contributed by atoms with van der Waals surface area (Å²) in [6.07, 6.45) is 12.6. The average Bonchev–Trinajstić information content (AvgIpc) is 3.43. The van der Waals surface area contributed by atoms with Gasteiger partial charge in [0.25, 0.3) is 0 Å². The van der Waals surface area contributed by atoms with Gasteiger partial charge in [0, 0.05) is 50.5 Å². The van der Waals surface area contributed by atoms with Crippen LogP contribution in [0.3, 0.4) is 0 Å². The largest absolute Gasteiger partial charge is 0.490 e. The number of halogens is 1. The molecular formula is C28H43FN8O2. The number of piperidine rings is 1. The van der Waals surface area contributed by atoms with Gasteiger partial charge < -0.3 is 15.0 Å². The summed E-state index contributed by atoms with van der Waals surface area (Å²) in [7, 11) is 0. The molecule has 11 heteroatoms. The first-order chi connectivity index (χ1) is 19.0. The number of hydrazine groups is 1. The Balaban J connectivity index is 1.05. The molecule has 6 rings (SSSR count). The zero-order chi connectivity index (χ0) is 26.9. The summed E-state index contributed by atoms with van der Waals surface area (Å²) in [5.74, 6) is 1.02. The van der Waals surface area contributed by atoms with Crippen LogP contribution < -0.4 is 32.0 Å². The first kappa shape index (κ1) is 26.9. The third-order valence-corrected chi connectivity index (χ3v) is 9.25. The number of nitrogens with one attached hydrogen (secondary N) is 6. The van der Waals surface area contributed by atoms with Crippen LogP contribution in [0.1, 0.15) is 39.0 Å². The highest BCUT2D eigenvalue weighted by Crippen LogP contribution is 2.33. The molecule has 5 heterocycles. The Hall–Kier alpha value is -2.28. The van der Waals surface area contributed by atoms with Gasteiger partial charge in [-0.3, -0.25) is 31.1 Å². The normalized spacial score (nSPS) is 40.3. The maximum absolute atomic E-state index is 15.6. The van der Waals surface area contributed by atoms with E-state index in [1.165, 1.54) is 11.6 Å². The number of nitrogens with zero attached hydrogens (tertiary/aromatic N) is 2. The van der Waals surface area contributed by atoms with Crippen molar-refractivity contribution < 1.29 is 13.9 Å². The number of amides is 1. The smallest absolute Gasteiger partial charge is 0.246 e. The van der Waals surface area contributed by atoms with E-state index in [1.807, 2.05) is 28.3 Å². The second-order valence-electron chi connectivity index (χ2n) is 11.7. The van der Waals surface area contributed by atoms with E-state index in [9.17, 15) is 4.79 Å². The minimum Gasteiger partial charge on any atom is -0.490 e. The summed E-state index contributed by atoms with van der Waals surface area (Å²) in [5.41, 5.74) is 4.60. The zero-order valence-corrected chi connectivity index (χ0v) is 22.7. The number of rotatable bonds is 6. The lowest BCUT2D eigenvalue weighted by molar-refractivity contribution is -0.125. The Morgan fingerprint density at radius 1 is 1.23 bits per heavy atom. The van der Waals surface area contributed by atoms with E-state index in [4.69, 9.17) is 4.74 Å². The number of carbonyl (C=O) groups excluding carboxylic acids is 1. The first-order valence-electron chi connectivity index (χ1n) is 14.5. The van der Waals surface area contributed by atoms with E-state index in [0.29, 0.717) is 32.3 Å². The van der Waals surface area contributed by atoms with Gasteiger partial charge in [0.15, 0.2) is 0 Å². The van der Waals surface area contributed by atoms with E-state index < -0.39 is 6.17 Å². The lowest BCUT2D eigenvalue weighted by Gasteiger charge is -2.49. The highest BCUT2D eigenvalue weighted by Gasteiger charge is 2.43. The molecule has 1 amide bonds. The SMILES string of the molecule is C=CC(=O)N1CC=C(C2CCC3NCNC(NC4CC(C)C(OC5=CC6NCNN6C=C5)CC4F)C3N2)CC1. The maximum Gasteiger partial charge on any atom is 0.246 e. The molecule has 9 unspecified atom stereocenters. The fourth-order valence-corrected chi connectivity index (χ4v) is 6.95. The highest BCUT2D eigenvalue weighted by atomic mass is 19.1. The lowest BCUT2D eigenvalue weighted by Crippen LogP contribution is -2.74. The standard InChI is InChI=1S/C28H43FN8O2/c1-3-26(38)36-9-6-18(7-10-36)21-4-5-22-27(34-21)28(32-15-30-22)35-23-12-17(2)24(14-20(23)29)39-19-8-11-37-25(13-19)31-16-33-37/h3,6,8,11,13,17,20-25,27-28,30-35H,1,4-5,7,9-10,12,14-16H2,2H3. The molecule has 1 saturated carbocycles. The Labute approximate surface area is 230 Å². The average molecular weight is 543 g/mol. The summed E-state index contributed by atoms with van der Waals surface area (Å²) in [5, 5.41) is 20.0. The minimum atomic E-state index is -0.980. The first-order valence-corrected chi connectivity index (χ1v) is 14.5. The number of hydrogen-bond donors (Lipinski definition) is 6. The van der Waals surface area contributed by atoms with Crippen molar-refractivity contribution in [1.29, 1.82) is 0 Å². The van der Waals surface area contributed by atoms with Crippen molar-refractivity contribution in [2.24, 2.45) is 5.92 Å². The third kappa shape index (κ3) is 5.79. The van der Waals surface area contributed by atoms with Crippen LogP contribution >= 0.6 is 0 Å². The number of carbonyl (C=O) groups is 1. The molecule has 3 saturated heterocycles. The Bertz CT molecular complexity index is 1020. The van der Waals surface area contributed by atoms with Crippen molar-refractivity contribution in [2.45, 2.75) is 87.8 Å². The molecule has 10 nitrogen and oxygen atoms in total. The number of fused-ring (bicyclic) bond motifs is 2. The van der Waals surface area contributed by atoms with Crippen LogP contribution in [0.4, 0.5) is 4.39 Å². The van der Waals surface area contributed by atoms with Crippen molar-refractivity contribution in [2.75, 3.05) is 26.4 Å². The molecule has 214 valence electrons. The molecular weight excluding hydrogens is 499 g/mol. The summed E-state index contributed by atoms with van der Waals surface area (Å²) >= 11 is 0. The highest BCUT2D eigenvalue weighted by molar-refractivity contribution is 5.87. The summed E-state index contributed by atoms with van der Waals surface area (Å²) in [6, 6.07) is 0.537. The lowest BCUT2D eigenvalue weighted by atomic mass is 9.81. The molecule has 0 aromatic rings. The number of allylic oxidation sites excluding steroid dienone is 1. The summed E-state index contributed by atoms with van der Waals surface area (Å²) < 4.78 is 21.9. The van der Waals surface area contributed by atoms with Gasteiger partial charge in [-0.15, -0.1) is 0 Å². The third-order valence-electron chi connectivity index (χ3n) is 9.25. The van der Waals surface area contributed by atoms with Crippen LogP contribution in [0, 0.1) is 5.92 Å². The van der Waals surface area contributed by atoms with E-state index in [1.54, 1.807) is 0 Å². The van der Waals surface area contributed by atoms with Crippen LogP contribution in [0.2, 0.25) is 0 Å². The second-order valence-corrected chi connectivity index (χ2v) is 11.7. The molecule has 0 bridgehead atoms. The molecule has 39 heavy (non-hydrogen) atoms. The van der Waals surface area contributed by atoms with Gasteiger partial charge in [-0.05, 0) is 49.8 Å². The monoisotopic (exact) mass is 542 g/mol. The maximum atomic E-state index is 15.6. The van der Waals surface area contributed by atoms with Gasteiger partial charge in [0.1, 0.15) is 24.2 Å². The molecule has 4 fully saturated rings.